The normalized spacial score (nSPS) is 13.5. The molecule has 1 aromatic rings. The molecule has 0 saturated carbocycles. The molecule has 0 radical (unpaired) electrons. The number of hydrogen-bond acceptors (Lipinski definition) is 4. The summed E-state index contributed by atoms with van der Waals surface area (Å²) in [5, 5.41) is 10.1. The van der Waals surface area contributed by atoms with Crippen molar-refractivity contribution < 1.29 is 14.6 Å². The van der Waals surface area contributed by atoms with E-state index >= 15 is 0 Å². The Kier molecular flexibility index (Phi) is 8.46. The van der Waals surface area contributed by atoms with Crippen molar-refractivity contribution in [2.45, 2.75) is 45.8 Å². The van der Waals surface area contributed by atoms with Crippen LogP contribution in [0.4, 0.5) is 0 Å². The molecular formula is C15H24ClNO3. The van der Waals surface area contributed by atoms with E-state index in [1.807, 2.05) is 6.07 Å². The van der Waals surface area contributed by atoms with Crippen molar-refractivity contribution in [3.05, 3.63) is 29.8 Å². The van der Waals surface area contributed by atoms with Gasteiger partial charge in [0.2, 0.25) is 0 Å². The minimum Gasteiger partial charge on any atom is -0.427 e. The summed E-state index contributed by atoms with van der Waals surface area (Å²) in [5.74, 6) is 0.622. The van der Waals surface area contributed by atoms with Crippen LogP contribution in [0.1, 0.15) is 45.2 Å². The zero-order chi connectivity index (χ0) is 14.4. The predicted molar refractivity (Wildman–Crippen MR) is 82.0 cm³/mol. The fourth-order valence-corrected chi connectivity index (χ4v) is 1.86. The van der Waals surface area contributed by atoms with E-state index in [9.17, 15) is 9.90 Å². The quantitative estimate of drug-likeness (QED) is 0.626. The fraction of sp³-hybridized carbons (Fsp3) is 0.533. The lowest BCUT2D eigenvalue weighted by Gasteiger charge is -2.20. The predicted octanol–water partition coefficient (Wildman–Crippen LogP) is 2.83. The van der Waals surface area contributed by atoms with E-state index in [1.165, 1.54) is 6.92 Å². The van der Waals surface area contributed by atoms with Crippen molar-refractivity contribution in [1.29, 1.82) is 0 Å². The highest BCUT2D eigenvalue weighted by Gasteiger charge is 2.17. The molecule has 5 heteroatoms. The molecule has 114 valence electrons. The maximum atomic E-state index is 10.9. The number of aliphatic hydroxyl groups excluding tert-OH is 1. The summed E-state index contributed by atoms with van der Waals surface area (Å²) in [6, 6.07) is 6.52. The lowest BCUT2D eigenvalue weighted by molar-refractivity contribution is -0.131. The molecule has 0 spiro atoms. The third-order valence-corrected chi connectivity index (χ3v) is 2.96. The number of halogens is 1. The Hall–Kier alpha value is -1.10. The second-order valence-electron chi connectivity index (χ2n) is 5.23. The van der Waals surface area contributed by atoms with Gasteiger partial charge in [-0.25, -0.2) is 0 Å². The maximum absolute atomic E-state index is 10.9. The monoisotopic (exact) mass is 301 g/mol. The minimum absolute atomic E-state index is 0. The van der Waals surface area contributed by atoms with E-state index in [0.717, 1.165) is 12.0 Å². The van der Waals surface area contributed by atoms with Gasteiger partial charge < -0.3 is 15.6 Å². The molecule has 0 fully saturated rings. The molecule has 0 unspecified atom stereocenters. The van der Waals surface area contributed by atoms with Crippen LogP contribution in [0, 0.1) is 5.92 Å². The molecule has 0 aliphatic rings. The summed E-state index contributed by atoms with van der Waals surface area (Å²) < 4.78 is 5.01. The molecule has 2 atom stereocenters. The Labute approximate surface area is 126 Å². The van der Waals surface area contributed by atoms with Crippen molar-refractivity contribution in [3.8, 4) is 5.75 Å². The summed E-state index contributed by atoms with van der Waals surface area (Å²) in [7, 11) is 0. The van der Waals surface area contributed by atoms with E-state index in [4.69, 9.17) is 10.5 Å². The highest BCUT2D eigenvalue weighted by Crippen LogP contribution is 2.23. The van der Waals surface area contributed by atoms with Crippen LogP contribution >= 0.6 is 12.4 Å². The van der Waals surface area contributed by atoms with Crippen LogP contribution in [0.5, 0.6) is 5.75 Å². The number of aliphatic hydroxyl groups is 1. The third-order valence-electron chi connectivity index (χ3n) is 2.96. The van der Waals surface area contributed by atoms with Crippen LogP contribution in [0.2, 0.25) is 0 Å². The highest BCUT2D eigenvalue weighted by atomic mass is 35.5. The largest absolute Gasteiger partial charge is 0.427 e. The van der Waals surface area contributed by atoms with E-state index in [2.05, 4.69) is 13.8 Å². The molecule has 0 aromatic heterocycles. The first-order chi connectivity index (χ1) is 8.90. The van der Waals surface area contributed by atoms with E-state index in [0.29, 0.717) is 18.1 Å². The van der Waals surface area contributed by atoms with Gasteiger partial charge in [-0.05, 0) is 36.5 Å². The molecule has 4 nitrogen and oxygen atoms in total. The number of esters is 1. The molecule has 3 N–H and O–H groups in total. The Balaban J connectivity index is 0.00000361. The van der Waals surface area contributed by atoms with Crippen molar-refractivity contribution in [3.63, 3.8) is 0 Å². The first-order valence-electron chi connectivity index (χ1n) is 6.62. The summed E-state index contributed by atoms with van der Waals surface area (Å²) >= 11 is 0. The van der Waals surface area contributed by atoms with E-state index < -0.39 is 12.1 Å². The summed E-state index contributed by atoms with van der Waals surface area (Å²) in [6.45, 7) is 5.57. The van der Waals surface area contributed by atoms with Gasteiger partial charge in [0.25, 0.3) is 0 Å². The molecule has 0 amide bonds. The number of hydrogen-bond donors (Lipinski definition) is 2. The van der Waals surface area contributed by atoms with Gasteiger partial charge in [-0.2, -0.15) is 0 Å². The van der Waals surface area contributed by atoms with Crippen LogP contribution in [0.3, 0.4) is 0 Å². The van der Waals surface area contributed by atoms with Crippen molar-refractivity contribution in [2.75, 3.05) is 0 Å². The summed E-state index contributed by atoms with van der Waals surface area (Å²) in [4.78, 5) is 10.9. The van der Waals surface area contributed by atoms with Crippen LogP contribution in [-0.4, -0.2) is 17.2 Å². The van der Waals surface area contributed by atoms with Crippen LogP contribution in [-0.2, 0) is 4.79 Å². The Morgan fingerprint density at radius 1 is 1.35 bits per heavy atom. The van der Waals surface area contributed by atoms with Gasteiger partial charge in [0.1, 0.15) is 5.75 Å². The Morgan fingerprint density at radius 2 is 2.00 bits per heavy atom. The molecule has 0 bridgehead atoms. The average molecular weight is 302 g/mol. The second-order valence-corrected chi connectivity index (χ2v) is 5.23. The van der Waals surface area contributed by atoms with Crippen molar-refractivity contribution in [2.24, 2.45) is 11.7 Å². The van der Waals surface area contributed by atoms with Gasteiger partial charge in [0.15, 0.2) is 0 Å². The average Bonchev–Trinajstić information content (AvgIpc) is 2.34. The molecular weight excluding hydrogens is 278 g/mol. The molecule has 1 aromatic carbocycles. The number of carbonyl (C=O) groups is 1. The lowest BCUT2D eigenvalue weighted by atomic mass is 9.96. The van der Waals surface area contributed by atoms with Gasteiger partial charge in [-0.1, -0.05) is 26.0 Å². The van der Waals surface area contributed by atoms with Gasteiger partial charge in [-0.3, -0.25) is 4.79 Å². The van der Waals surface area contributed by atoms with Crippen molar-refractivity contribution >= 4 is 18.4 Å². The lowest BCUT2D eigenvalue weighted by Crippen LogP contribution is -2.26. The number of carbonyl (C=O) groups excluding carboxylic acids is 1. The summed E-state index contributed by atoms with van der Waals surface area (Å²) in [6.07, 6.45) is 1.00. The number of rotatable bonds is 6. The number of nitrogens with two attached hydrogens (primary N) is 1. The van der Waals surface area contributed by atoms with Gasteiger partial charge >= 0.3 is 5.97 Å². The van der Waals surface area contributed by atoms with Gasteiger partial charge in [0, 0.05) is 6.92 Å². The van der Waals surface area contributed by atoms with Gasteiger partial charge in [0.05, 0.1) is 12.1 Å². The molecule has 0 aliphatic carbocycles. The Bertz CT molecular complexity index is 423. The first-order valence-corrected chi connectivity index (χ1v) is 6.62. The SMILES string of the molecule is CC(=O)Oc1cccc([C@@H](N)[C@@H](O)CCC(C)C)c1.Cl. The van der Waals surface area contributed by atoms with Crippen LogP contribution in [0.25, 0.3) is 0 Å². The summed E-state index contributed by atoms with van der Waals surface area (Å²) in [5.41, 5.74) is 6.81. The molecule has 20 heavy (non-hydrogen) atoms. The molecule has 1 rings (SSSR count). The molecule has 0 heterocycles. The molecule has 0 saturated heterocycles. The number of ether oxygens (including phenoxy) is 1. The smallest absolute Gasteiger partial charge is 0.308 e. The standard InChI is InChI=1S/C15H23NO3.ClH/c1-10(2)7-8-14(18)15(16)12-5-4-6-13(9-12)19-11(3)17;/h4-6,9-10,14-15,18H,7-8,16H2,1-3H3;1H/t14-,15+;/m0./s1. The van der Waals surface area contributed by atoms with Crippen LogP contribution in [0.15, 0.2) is 24.3 Å². The van der Waals surface area contributed by atoms with E-state index in [1.54, 1.807) is 18.2 Å². The minimum atomic E-state index is -0.588. The fourth-order valence-electron chi connectivity index (χ4n) is 1.86. The highest BCUT2D eigenvalue weighted by molar-refractivity contribution is 5.85. The Morgan fingerprint density at radius 3 is 2.55 bits per heavy atom. The van der Waals surface area contributed by atoms with E-state index in [-0.39, 0.29) is 18.4 Å². The topological polar surface area (TPSA) is 72.5 Å². The van der Waals surface area contributed by atoms with Crippen LogP contribution < -0.4 is 10.5 Å². The number of benzene rings is 1. The zero-order valence-electron chi connectivity index (χ0n) is 12.2. The first kappa shape index (κ1) is 18.9. The van der Waals surface area contributed by atoms with Gasteiger partial charge in [-0.15, -0.1) is 12.4 Å². The van der Waals surface area contributed by atoms with Crippen molar-refractivity contribution in [1.82, 2.24) is 0 Å². The maximum Gasteiger partial charge on any atom is 0.308 e. The third kappa shape index (κ3) is 6.37. The molecule has 0 aliphatic heterocycles. The zero-order valence-corrected chi connectivity index (χ0v) is 13.0. The second kappa shape index (κ2) is 8.95.